The molecule has 0 aliphatic carbocycles. The fraction of sp³-hybridized carbons (Fsp3) is 0.350. The summed E-state index contributed by atoms with van der Waals surface area (Å²) in [4.78, 5) is 23.5. The molecule has 0 saturated carbocycles. The van der Waals surface area contributed by atoms with Crippen LogP contribution in [0.2, 0.25) is 0 Å². The number of nitrogens with zero attached hydrogens (tertiary/aromatic N) is 1. The molecule has 2 aromatic carbocycles. The fourth-order valence-electron chi connectivity index (χ4n) is 2.47. The number of hydrogen-bond acceptors (Lipinski definition) is 5. The highest BCUT2D eigenvalue weighted by Crippen LogP contribution is 2.43. The molecule has 1 amide bonds. The van der Waals surface area contributed by atoms with Gasteiger partial charge >= 0.3 is 9.45 Å². The molecule has 2 rings (SSSR count). The van der Waals surface area contributed by atoms with E-state index in [4.69, 9.17) is 9.47 Å². The second-order valence-electron chi connectivity index (χ2n) is 7.24. The van der Waals surface area contributed by atoms with E-state index >= 15 is 0 Å². The van der Waals surface area contributed by atoms with Gasteiger partial charge in [0, 0.05) is 37.4 Å². The third-order valence-electron chi connectivity index (χ3n) is 3.72. The van der Waals surface area contributed by atoms with Crippen molar-refractivity contribution in [2.75, 3.05) is 0 Å². The molecule has 0 fully saturated rings. The van der Waals surface area contributed by atoms with E-state index in [1.165, 1.54) is 0 Å². The van der Waals surface area contributed by atoms with Crippen LogP contribution < -0.4 is 10.1 Å². The van der Waals surface area contributed by atoms with Crippen LogP contribution in [0.1, 0.15) is 37.9 Å². The van der Waals surface area contributed by atoms with Crippen molar-refractivity contribution in [3.63, 3.8) is 0 Å². The van der Waals surface area contributed by atoms with E-state index in [9.17, 15) is 14.9 Å². The topological polar surface area (TPSA) is 90.7 Å². The number of carbonyl (C=O) groups excluding carboxylic acids is 1. The molecule has 9 heteroatoms. The number of ether oxygens (including phenoxy) is 2. The van der Waals surface area contributed by atoms with E-state index in [2.05, 4.69) is 37.2 Å². The number of carbonyl (C=O) groups is 1. The van der Waals surface area contributed by atoms with Crippen LogP contribution in [0.15, 0.2) is 54.6 Å². The van der Waals surface area contributed by atoms with Gasteiger partial charge in [-0.05, 0) is 32.4 Å². The predicted octanol–water partition coefficient (Wildman–Crippen LogP) is 5.55. The van der Waals surface area contributed by atoms with E-state index < -0.39 is 26.0 Å². The van der Waals surface area contributed by atoms with Crippen LogP contribution in [0.4, 0.5) is 4.79 Å². The quantitative estimate of drug-likeness (QED) is 0.220. The van der Waals surface area contributed by atoms with Crippen molar-refractivity contribution in [2.45, 2.75) is 42.4 Å². The minimum atomic E-state index is -1.87. The molecular weight excluding hydrogens is 508 g/mol. The van der Waals surface area contributed by atoms with Crippen molar-refractivity contribution < 1.29 is 19.2 Å². The molecule has 0 saturated heterocycles. The summed E-state index contributed by atoms with van der Waals surface area (Å²) in [6.45, 7) is 5.40. The first-order valence-electron chi connectivity index (χ1n) is 8.78. The molecule has 0 heterocycles. The zero-order valence-corrected chi connectivity index (χ0v) is 19.4. The van der Waals surface area contributed by atoms with Gasteiger partial charge in [0.1, 0.15) is 18.0 Å². The Labute approximate surface area is 186 Å². The Morgan fingerprint density at radius 2 is 1.69 bits per heavy atom. The van der Waals surface area contributed by atoms with Crippen molar-refractivity contribution in [2.24, 2.45) is 0 Å². The number of nitrogens with one attached hydrogen (secondary N) is 1. The molecule has 29 heavy (non-hydrogen) atoms. The maximum Gasteiger partial charge on any atom is 0.408 e. The van der Waals surface area contributed by atoms with Gasteiger partial charge in [-0.25, -0.2) is 4.79 Å². The molecule has 0 radical (unpaired) electrons. The van der Waals surface area contributed by atoms with Crippen LogP contribution >= 0.6 is 31.9 Å². The highest BCUT2D eigenvalue weighted by Gasteiger charge is 2.49. The summed E-state index contributed by atoms with van der Waals surface area (Å²) >= 11 is 6.16. The maximum absolute atomic E-state index is 12.4. The summed E-state index contributed by atoms with van der Waals surface area (Å²) in [5.41, 5.74) is 0.602. The Bertz CT molecular complexity index is 853. The molecule has 2 aromatic rings. The van der Waals surface area contributed by atoms with Crippen molar-refractivity contribution in [1.82, 2.24) is 5.32 Å². The molecule has 0 aliphatic rings. The number of alkyl halides is 2. The molecule has 1 atom stereocenters. The number of nitro groups is 1. The maximum atomic E-state index is 12.4. The summed E-state index contributed by atoms with van der Waals surface area (Å²) in [5.74, 6) is 0.405. The Balaban J connectivity index is 2.35. The van der Waals surface area contributed by atoms with Crippen molar-refractivity contribution >= 4 is 38.0 Å². The van der Waals surface area contributed by atoms with Gasteiger partial charge in [0.25, 0.3) is 0 Å². The van der Waals surface area contributed by atoms with Gasteiger partial charge in [0.05, 0.1) is 4.92 Å². The molecule has 0 aromatic heterocycles. The van der Waals surface area contributed by atoms with Gasteiger partial charge in [0.2, 0.25) is 0 Å². The first-order chi connectivity index (χ1) is 13.5. The molecule has 0 aliphatic heterocycles. The van der Waals surface area contributed by atoms with E-state index in [1.807, 2.05) is 30.3 Å². The van der Waals surface area contributed by atoms with Crippen LogP contribution in [0.25, 0.3) is 0 Å². The molecule has 0 bridgehead atoms. The number of hydrogen-bond donors (Lipinski definition) is 1. The molecule has 0 spiro atoms. The Hall–Kier alpha value is -2.13. The molecule has 1 N–H and O–H groups in total. The summed E-state index contributed by atoms with van der Waals surface area (Å²) in [6, 6.07) is 15.2. The number of benzene rings is 2. The Kier molecular flexibility index (Phi) is 7.65. The SMILES string of the molecule is CC(C)(C)OC(=O)NC(c1ccccc1OCc1ccccc1)C(Br)(Br)[N+](=O)[O-]. The third-order valence-corrected chi connectivity index (χ3v) is 5.21. The number of alkyl carbamates (subject to hydrolysis) is 1. The number of amides is 1. The van der Waals surface area contributed by atoms with Crippen molar-refractivity contribution in [1.29, 1.82) is 0 Å². The Morgan fingerprint density at radius 1 is 1.10 bits per heavy atom. The summed E-state index contributed by atoms with van der Waals surface area (Å²) in [5, 5.41) is 14.2. The van der Waals surface area contributed by atoms with Crippen LogP contribution in [0.5, 0.6) is 5.75 Å². The summed E-state index contributed by atoms with van der Waals surface area (Å²) in [7, 11) is 0. The van der Waals surface area contributed by atoms with Crippen LogP contribution in [0, 0.1) is 10.1 Å². The first-order valence-corrected chi connectivity index (χ1v) is 10.4. The lowest BCUT2D eigenvalue weighted by Gasteiger charge is -2.28. The average Bonchev–Trinajstić information content (AvgIpc) is 2.64. The van der Waals surface area contributed by atoms with Crippen molar-refractivity contribution in [3.8, 4) is 5.75 Å². The van der Waals surface area contributed by atoms with Crippen molar-refractivity contribution in [3.05, 3.63) is 75.8 Å². The zero-order chi connectivity index (χ0) is 21.7. The molecular formula is C20H22Br2N2O5. The van der Waals surface area contributed by atoms with Gasteiger partial charge in [-0.3, -0.25) is 10.1 Å². The van der Waals surface area contributed by atoms with Crippen LogP contribution in [0.3, 0.4) is 0 Å². The molecule has 1 unspecified atom stereocenters. The fourth-order valence-corrected chi connectivity index (χ4v) is 3.19. The van der Waals surface area contributed by atoms with Gasteiger partial charge in [-0.2, -0.15) is 0 Å². The summed E-state index contributed by atoms with van der Waals surface area (Å²) in [6.07, 6.45) is -0.787. The first kappa shape index (κ1) is 23.2. The van der Waals surface area contributed by atoms with E-state index in [1.54, 1.807) is 45.0 Å². The minimum absolute atomic E-state index is 0.271. The third kappa shape index (κ3) is 6.71. The lowest BCUT2D eigenvalue weighted by molar-refractivity contribution is -0.509. The zero-order valence-electron chi connectivity index (χ0n) is 16.2. The standard InChI is InChI=1S/C20H22Br2N2O5/c1-19(2,3)29-18(25)23-17(20(21,22)24(26)27)15-11-7-8-12-16(15)28-13-14-9-5-4-6-10-14/h4-12,17H,13H2,1-3H3,(H,23,25). The predicted molar refractivity (Wildman–Crippen MR) is 117 cm³/mol. The lowest BCUT2D eigenvalue weighted by atomic mass is 10.1. The lowest BCUT2D eigenvalue weighted by Crippen LogP contribution is -2.45. The largest absolute Gasteiger partial charge is 0.489 e. The Morgan fingerprint density at radius 3 is 2.28 bits per heavy atom. The average molecular weight is 530 g/mol. The number of halogens is 2. The highest BCUT2D eigenvalue weighted by atomic mass is 79.9. The van der Waals surface area contributed by atoms with E-state index in [0.29, 0.717) is 11.3 Å². The second-order valence-corrected chi connectivity index (χ2v) is 10.7. The molecule has 156 valence electrons. The van der Waals surface area contributed by atoms with Gasteiger partial charge in [-0.15, -0.1) is 0 Å². The monoisotopic (exact) mass is 528 g/mol. The minimum Gasteiger partial charge on any atom is -0.489 e. The number of rotatable bonds is 7. The van der Waals surface area contributed by atoms with Gasteiger partial charge < -0.3 is 14.8 Å². The van der Waals surface area contributed by atoms with Crippen LogP contribution in [-0.2, 0) is 11.3 Å². The van der Waals surface area contributed by atoms with E-state index in [-0.39, 0.29) is 6.61 Å². The summed E-state index contributed by atoms with van der Waals surface area (Å²) < 4.78 is 9.31. The van der Waals surface area contributed by atoms with Gasteiger partial charge in [-0.1, -0.05) is 48.5 Å². The van der Waals surface area contributed by atoms with Crippen LogP contribution in [-0.4, -0.2) is 20.0 Å². The highest BCUT2D eigenvalue weighted by molar-refractivity contribution is 9.25. The normalized spacial score (nSPS) is 12.7. The number of para-hydroxylation sites is 1. The second kappa shape index (κ2) is 9.58. The van der Waals surface area contributed by atoms with Gasteiger partial charge in [0.15, 0.2) is 6.04 Å². The van der Waals surface area contributed by atoms with E-state index in [0.717, 1.165) is 5.56 Å². The molecule has 7 nitrogen and oxygen atoms in total. The smallest absolute Gasteiger partial charge is 0.408 e.